The molecule has 0 amide bonds. The predicted molar refractivity (Wildman–Crippen MR) is 138 cm³/mol. The van der Waals surface area contributed by atoms with Gasteiger partial charge in [0.2, 0.25) is 6.54 Å². The van der Waals surface area contributed by atoms with Gasteiger partial charge in [0.15, 0.2) is 0 Å². The summed E-state index contributed by atoms with van der Waals surface area (Å²) in [7, 11) is -2.29. The molecule has 0 aliphatic rings. The standard InChI is InChI=1S/C25H52NO7P/c1-3-4-5-6-7-8-9-10-11-12-13-14-15-16-17-18-21-32-24-25(31-2)19-23-34(29,30)33-22-20-26(27)28/h25H,3-24H2,1-2H3,(H,29,30). The number of hydrogen-bond acceptors (Lipinski definition) is 6. The van der Waals surface area contributed by atoms with Crippen LogP contribution in [0.25, 0.3) is 0 Å². The number of nitro groups is 1. The van der Waals surface area contributed by atoms with Crippen molar-refractivity contribution >= 4 is 7.60 Å². The molecule has 0 aliphatic carbocycles. The van der Waals surface area contributed by atoms with Gasteiger partial charge in [0.25, 0.3) is 0 Å². The van der Waals surface area contributed by atoms with Crippen molar-refractivity contribution in [3.63, 3.8) is 0 Å². The zero-order chi connectivity index (χ0) is 25.3. The molecule has 0 radical (unpaired) electrons. The summed E-state index contributed by atoms with van der Waals surface area (Å²) in [6, 6.07) is 0. The van der Waals surface area contributed by atoms with Gasteiger partial charge in [-0.15, -0.1) is 0 Å². The minimum absolute atomic E-state index is 0.106. The van der Waals surface area contributed by atoms with Gasteiger partial charge in [-0.3, -0.25) is 14.7 Å². The molecule has 0 aromatic heterocycles. The number of unbranched alkanes of at least 4 members (excludes halogenated alkanes) is 15. The van der Waals surface area contributed by atoms with Gasteiger partial charge in [-0.2, -0.15) is 0 Å². The maximum absolute atomic E-state index is 11.9. The second kappa shape index (κ2) is 24.2. The Morgan fingerprint density at radius 2 is 1.29 bits per heavy atom. The average Bonchev–Trinajstić information content (AvgIpc) is 2.79. The van der Waals surface area contributed by atoms with Crippen LogP contribution in [-0.4, -0.2) is 55.6 Å². The number of hydrogen-bond donors (Lipinski definition) is 1. The number of nitrogens with zero attached hydrogens (tertiary/aromatic N) is 1. The van der Waals surface area contributed by atoms with Gasteiger partial charge in [-0.1, -0.05) is 103 Å². The third-order valence-electron chi connectivity index (χ3n) is 6.08. The summed E-state index contributed by atoms with van der Waals surface area (Å²) in [4.78, 5) is 19.4. The third-order valence-corrected chi connectivity index (χ3v) is 7.49. The summed E-state index contributed by atoms with van der Waals surface area (Å²) < 4.78 is 27.6. The first-order valence-electron chi connectivity index (χ1n) is 13.6. The van der Waals surface area contributed by atoms with E-state index in [1.807, 2.05) is 0 Å². The Bertz CT molecular complexity index is 508. The molecule has 0 fully saturated rings. The van der Waals surface area contributed by atoms with E-state index >= 15 is 0 Å². The molecule has 0 bridgehead atoms. The zero-order valence-corrected chi connectivity index (χ0v) is 22.8. The van der Waals surface area contributed by atoms with Crippen LogP contribution in [-0.2, 0) is 18.6 Å². The van der Waals surface area contributed by atoms with Crippen LogP contribution in [0.3, 0.4) is 0 Å². The highest BCUT2D eigenvalue weighted by Crippen LogP contribution is 2.42. The Morgan fingerprint density at radius 3 is 1.74 bits per heavy atom. The van der Waals surface area contributed by atoms with E-state index in [0.717, 1.165) is 12.8 Å². The lowest BCUT2D eigenvalue weighted by atomic mass is 10.0. The van der Waals surface area contributed by atoms with Gasteiger partial charge < -0.3 is 18.9 Å². The Kier molecular flexibility index (Phi) is 23.8. The molecule has 204 valence electrons. The largest absolute Gasteiger partial charge is 0.379 e. The highest BCUT2D eigenvalue weighted by atomic mass is 31.2. The van der Waals surface area contributed by atoms with Gasteiger partial charge in [0.1, 0.15) is 6.61 Å². The van der Waals surface area contributed by atoms with Crippen molar-refractivity contribution in [2.45, 2.75) is 122 Å². The molecule has 0 spiro atoms. The maximum Gasteiger partial charge on any atom is 0.328 e. The van der Waals surface area contributed by atoms with Crippen molar-refractivity contribution in [3.8, 4) is 0 Å². The number of rotatable bonds is 27. The Labute approximate surface area is 208 Å². The van der Waals surface area contributed by atoms with E-state index < -0.39 is 19.1 Å². The van der Waals surface area contributed by atoms with E-state index in [2.05, 4.69) is 6.92 Å². The average molecular weight is 510 g/mol. The summed E-state index contributed by atoms with van der Waals surface area (Å²) in [5, 5.41) is 10.3. The monoisotopic (exact) mass is 509 g/mol. The van der Waals surface area contributed by atoms with Gasteiger partial charge in [-0.25, -0.2) is 0 Å². The first kappa shape index (κ1) is 33.5. The van der Waals surface area contributed by atoms with Crippen molar-refractivity contribution in [1.82, 2.24) is 0 Å². The molecule has 0 rings (SSSR count). The molecule has 34 heavy (non-hydrogen) atoms. The maximum atomic E-state index is 11.9. The van der Waals surface area contributed by atoms with E-state index in [1.165, 1.54) is 89.9 Å². The van der Waals surface area contributed by atoms with Crippen LogP contribution < -0.4 is 0 Å². The normalized spacial score (nSPS) is 14.2. The summed E-state index contributed by atoms with van der Waals surface area (Å²) in [6.07, 6.45) is 21.3. The van der Waals surface area contributed by atoms with Crippen molar-refractivity contribution < 1.29 is 28.4 Å². The van der Waals surface area contributed by atoms with Crippen molar-refractivity contribution in [2.24, 2.45) is 0 Å². The minimum Gasteiger partial charge on any atom is -0.379 e. The van der Waals surface area contributed by atoms with Crippen LogP contribution in [0.4, 0.5) is 0 Å². The summed E-state index contributed by atoms with van der Waals surface area (Å²) in [5.74, 6) is 0. The lowest BCUT2D eigenvalue weighted by Gasteiger charge is -2.17. The fourth-order valence-electron chi connectivity index (χ4n) is 3.87. The highest BCUT2D eigenvalue weighted by Gasteiger charge is 2.22. The highest BCUT2D eigenvalue weighted by molar-refractivity contribution is 7.52. The van der Waals surface area contributed by atoms with Crippen LogP contribution in [0.5, 0.6) is 0 Å². The van der Waals surface area contributed by atoms with E-state index in [9.17, 15) is 19.6 Å². The van der Waals surface area contributed by atoms with E-state index in [1.54, 1.807) is 7.11 Å². The second-order valence-corrected chi connectivity index (χ2v) is 11.3. The van der Waals surface area contributed by atoms with E-state index in [-0.39, 0.29) is 18.9 Å². The van der Waals surface area contributed by atoms with E-state index in [0.29, 0.717) is 19.6 Å². The van der Waals surface area contributed by atoms with Crippen LogP contribution in [0, 0.1) is 10.1 Å². The SMILES string of the molecule is CCCCCCCCCCCCCCCCCCOCC(CCP(=O)(O)OCC[N+](=O)[O-])OC. The van der Waals surface area contributed by atoms with E-state index in [4.69, 9.17) is 14.0 Å². The fourth-order valence-corrected chi connectivity index (χ4v) is 4.98. The van der Waals surface area contributed by atoms with Crippen LogP contribution in [0.2, 0.25) is 0 Å². The summed E-state index contributed by atoms with van der Waals surface area (Å²) in [6.45, 7) is 2.44. The Hall–Kier alpha value is -0.530. The lowest BCUT2D eigenvalue weighted by Crippen LogP contribution is -2.20. The van der Waals surface area contributed by atoms with Gasteiger partial charge in [-0.05, 0) is 12.8 Å². The van der Waals surface area contributed by atoms with Gasteiger partial charge in [0, 0.05) is 18.6 Å². The molecule has 2 atom stereocenters. The van der Waals surface area contributed by atoms with Crippen molar-refractivity contribution in [1.29, 1.82) is 0 Å². The molecule has 0 aromatic carbocycles. The quantitative estimate of drug-likeness (QED) is 0.0542. The van der Waals surface area contributed by atoms with Crippen LogP contribution in [0.1, 0.15) is 116 Å². The third kappa shape index (κ3) is 24.6. The first-order valence-corrected chi connectivity index (χ1v) is 15.4. The smallest absolute Gasteiger partial charge is 0.328 e. The summed E-state index contributed by atoms with van der Waals surface area (Å²) >= 11 is 0. The molecule has 9 heteroatoms. The zero-order valence-electron chi connectivity index (χ0n) is 21.9. The molecule has 0 heterocycles. The number of ether oxygens (including phenoxy) is 2. The molecular formula is C25H52NO7P. The van der Waals surface area contributed by atoms with Gasteiger partial charge >= 0.3 is 7.60 Å². The molecule has 8 nitrogen and oxygen atoms in total. The molecular weight excluding hydrogens is 457 g/mol. The molecule has 1 N–H and O–H groups in total. The molecule has 2 unspecified atom stereocenters. The molecule has 0 saturated carbocycles. The number of methoxy groups -OCH3 is 1. The predicted octanol–water partition coefficient (Wildman–Crippen LogP) is 7.15. The topological polar surface area (TPSA) is 108 Å². The Balaban J connectivity index is 3.44. The first-order chi connectivity index (χ1) is 16.4. The minimum atomic E-state index is -3.83. The lowest BCUT2D eigenvalue weighted by molar-refractivity contribution is -0.481. The van der Waals surface area contributed by atoms with Crippen LogP contribution in [0.15, 0.2) is 0 Å². The summed E-state index contributed by atoms with van der Waals surface area (Å²) in [5.41, 5.74) is 0. The van der Waals surface area contributed by atoms with Crippen molar-refractivity contribution in [2.75, 3.05) is 39.6 Å². The second-order valence-electron chi connectivity index (χ2n) is 9.28. The molecule has 0 aliphatic heterocycles. The molecule has 0 aromatic rings. The molecule has 0 saturated heterocycles. The Morgan fingerprint density at radius 1 is 0.824 bits per heavy atom. The fraction of sp³-hybridized carbons (Fsp3) is 1.00. The van der Waals surface area contributed by atoms with Crippen LogP contribution >= 0.6 is 7.60 Å². The van der Waals surface area contributed by atoms with Gasteiger partial charge in [0.05, 0.1) is 18.9 Å². The van der Waals surface area contributed by atoms with Crippen molar-refractivity contribution in [3.05, 3.63) is 10.1 Å².